The van der Waals surface area contributed by atoms with Gasteiger partial charge in [0.2, 0.25) is 5.91 Å². The average Bonchev–Trinajstić information content (AvgIpc) is 2.20. The van der Waals surface area contributed by atoms with Gasteiger partial charge in [0.05, 0.1) is 6.61 Å². The van der Waals surface area contributed by atoms with Gasteiger partial charge in [0.1, 0.15) is 0 Å². The Bertz CT molecular complexity index is 140. The standard InChI is InChI=1S/C10H22N2O2/c1-3-4-8-14-9-7-12-10(13)5-6-11-2/h11H,3-9H2,1-2H3,(H,12,13). The number of amides is 1. The van der Waals surface area contributed by atoms with E-state index in [0.717, 1.165) is 26.0 Å². The predicted octanol–water partition coefficient (Wildman–Crippen LogP) is 0.529. The van der Waals surface area contributed by atoms with Crippen LogP contribution in [0, 0.1) is 0 Å². The zero-order chi connectivity index (χ0) is 10.6. The molecule has 14 heavy (non-hydrogen) atoms. The molecule has 0 saturated heterocycles. The molecule has 0 aromatic heterocycles. The van der Waals surface area contributed by atoms with E-state index in [2.05, 4.69) is 17.6 Å². The Morgan fingerprint density at radius 1 is 1.29 bits per heavy atom. The summed E-state index contributed by atoms with van der Waals surface area (Å²) in [7, 11) is 1.83. The van der Waals surface area contributed by atoms with Gasteiger partial charge < -0.3 is 15.4 Å². The molecule has 0 fully saturated rings. The number of rotatable bonds is 9. The molecular weight excluding hydrogens is 180 g/mol. The maximum atomic E-state index is 11.1. The fraction of sp³-hybridized carbons (Fsp3) is 0.900. The Morgan fingerprint density at radius 2 is 2.07 bits per heavy atom. The highest BCUT2D eigenvalue weighted by Gasteiger charge is 1.97. The van der Waals surface area contributed by atoms with Gasteiger partial charge >= 0.3 is 0 Å². The number of unbranched alkanes of at least 4 members (excludes halogenated alkanes) is 1. The molecule has 0 saturated carbocycles. The first-order chi connectivity index (χ1) is 6.81. The maximum Gasteiger partial charge on any atom is 0.221 e. The van der Waals surface area contributed by atoms with Gasteiger partial charge in [-0.15, -0.1) is 0 Å². The lowest BCUT2D eigenvalue weighted by molar-refractivity contribution is -0.121. The smallest absolute Gasteiger partial charge is 0.221 e. The third-order valence-corrected chi connectivity index (χ3v) is 1.81. The van der Waals surface area contributed by atoms with E-state index in [1.54, 1.807) is 0 Å². The minimum atomic E-state index is 0.0819. The molecule has 84 valence electrons. The summed E-state index contributed by atoms with van der Waals surface area (Å²) in [4.78, 5) is 11.1. The number of hydrogen-bond donors (Lipinski definition) is 2. The molecule has 0 aliphatic carbocycles. The molecule has 0 rings (SSSR count). The second kappa shape index (κ2) is 10.5. The lowest BCUT2D eigenvalue weighted by atomic mass is 10.4. The zero-order valence-corrected chi connectivity index (χ0v) is 9.27. The van der Waals surface area contributed by atoms with Gasteiger partial charge in [0, 0.05) is 26.1 Å². The van der Waals surface area contributed by atoms with Crippen molar-refractivity contribution in [2.24, 2.45) is 0 Å². The molecule has 0 heterocycles. The third kappa shape index (κ3) is 9.48. The molecule has 2 N–H and O–H groups in total. The fourth-order valence-electron chi connectivity index (χ4n) is 0.938. The van der Waals surface area contributed by atoms with Crippen LogP contribution in [0.3, 0.4) is 0 Å². The molecular formula is C10H22N2O2. The number of nitrogens with one attached hydrogen (secondary N) is 2. The van der Waals surface area contributed by atoms with E-state index in [0.29, 0.717) is 19.6 Å². The summed E-state index contributed by atoms with van der Waals surface area (Å²) in [5.41, 5.74) is 0. The maximum absolute atomic E-state index is 11.1. The predicted molar refractivity (Wildman–Crippen MR) is 57.3 cm³/mol. The molecule has 0 atom stereocenters. The van der Waals surface area contributed by atoms with Gasteiger partial charge in [-0.2, -0.15) is 0 Å². The number of ether oxygens (including phenoxy) is 1. The minimum Gasteiger partial charge on any atom is -0.380 e. The van der Waals surface area contributed by atoms with Crippen molar-refractivity contribution in [1.82, 2.24) is 10.6 Å². The Hall–Kier alpha value is -0.610. The van der Waals surface area contributed by atoms with Crippen LogP contribution in [0.4, 0.5) is 0 Å². The molecule has 4 nitrogen and oxygen atoms in total. The van der Waals surface area contributed by atoms with Crippen LogP contribution in [0.25, 0.3) is 0 Å². The fourth-order valence-corrected chi connectivity index (χ4v) is 0.938. The number of carbonyl (C=O) groups is 1. The highest BCUT2D eigenvalue weighted by atomic mass is 16.5. The van der Waals surface area contributed by atoms with Crippen LogP contribution in [-0.4, -0.2) is 39.3 Å². The van der Waals surface area contributed by atoms with Crippen molar-refractivity contribution >= 4 is 5.91 Å². The molecule has 4 heteroatoms. The molecule has 0 spiro atoms. The van der Waals surface area contributed by atoms with Crippen molar-refractivity contribution in [2.75, 3.05) is 33.4 Å². The van der Waals surface area contributed by atoms with E-state index < -0.39 is 0 Å². The summed E-state index contributed by atoms with van der Waals surface area (Å²) in [6.45, 7) is 4.88. The van der Waals surface area contributed by atoms with E-state index in [1.807, 2.05) is 7.05 Å². The van der Waals surface area contributed by atoms with E-state index >= 15 is 0 Å². The van der Waals surface area contributed by atoms with E-state index in [-0.39, 0.29) is 5.91 Å². The lowest BCUT2D eigenvalue weighted by Gasteiger charge is -2.05. The normalized spacial score (nSPS) is 10.1. The molecule has 0 unspecified atom stereocenters. The van der Waals surface area contributed by atoms with Gasteiger partial charge in [-0.3, -0.25) is 4.79 Å². The molecule has 0 aliphatic rings. The molecule has 0 aromatic carbocycles. The van der Waals surface area contributed by atoms with Crippen molar-refractivity contribution in [3.05, 3.63) is 0 Å². The van der Waals surface area contributed by atoms with E-state index in [9.17, 15) is 4.79 Å². The highest BCUT2D eigenvalue weighted by Crippen LogP contribution is 1.86. The van der Waals surface area contributed by atoms with Crippen molar-refractivity contribution in [2.45, 2.75) is 26.2 Å². The third-order valence-electron chi connectivity index (χ3n) is 1.81. The summed E-state index contributed by atoms with van der Waals surface area (Å²) in [5.74, 6) is 0.0819. The van der Waals surface area contributed by atoms with Gasteiger partial charge in [-0.25, -0.2) is 0 Å². The summed E-state index contributed by atoms with van der Waals surface area (Å²) in [6.07, 6.45) is 2.77. The Morgan fingerprint density at radius 3 is 2.71 bits per heavy atom. The second-order valence-corrected chi connectivity index (χ2v) is 3.17. The number of carbonyl (C=O) groups excluding carboxylic acids is 1. The summed E-state index contributed by atoms with van der Waals surface area (Å²) < 4.78 is 5.30. The Balaban J connectivity index is 3.07. The molecule has 0 radical (unpaired) electrons. The first kappa shape index (κ1) is 13.4. The second-order valence-electron chi connectivity index (χ2n) is 3.17. The van der Waals surface area contributed by atoms with E-state index in [4.69, 9.17) is 4.74 Å². The van der Waals surface area contributed by atoms with Gasteiger partial charge in [-0.05, 0) is 13.5 Å². The minimum absolute atomic E-state index is 0.0819. The van der Waals surface area contributed by atoms with Crippen LogP contribution in [-0.2, 0) is 9.53 Å². The summed E-state index contributed by atoms with van der Waals surface area (Å²) in [6, 6.07) is 0. The van der Waals surface area contributed by atoms with Gasteiger partial charge in [-0.1, -0.05) is 13.3 Å². The van der Waals surface area contributed by atoms with Crippen LogP contribution in [0.1, 0.15) is 26.2 Å². The highest BCUT2D eigenvalue weighted by molar-refractivity contribution is 5.75. The van der Waals surface area contributed by atoms with Crippen LogP contribution in [0.2, 0.25) is 0 Å². The first-order valence-corrected chi connectivity index (χ1v) is 5.30. The Kier molecular flexibility index (Phi) is 10.0. The van der Waals surface area contributed by atoms with Gasteiger partial charge in [0.15, 0.2) is 0 Å². The first-order valence-electron chi connectivity index (χ1n) is 5.30. The topological polar surface area (TPSA) is 50.4 Å². The summed E-state index contributed by atoms with van der Waals surface area (Å²) in [5, 5.41) is 5.72. The largest absolute Gasteiger partial charge is 0.380 e. The Labute approximate surface area is 86.4 Å². The summed E-state index contributed by atoms with van der Waals surface area (Å²) >= 11 is 0. The van der Waals surface area contributed by atoms with Crippen LogP contribution in [0.15, 0.2) is 0 Å². The average molecular weight is 202 g/mol. The van der Waals surface area contributed by atoms with Crippen LogP contribution >= 0.6 is 0 Å². The van der Waals surface area contributed by atoms with Gasteiger partial charge in [0.25, 0.3) is 0 Å². The van der Waals surface area contributed by atoms with Crippen molar-refractivity contribution < 1.29 is 9.53 Å². The quantitative estimate of drug-likeness (QED) is 0.536. The van der Waals surface area contributed by atoms with E-state index in [1.165, 1.54) is 0 Å². The molecule has 0 aromatic rings. The molecule has 0 bridgehead atoms. The molecule has 0 aliphatic heterocycles. The van der Waals surface area contributed by atoms with Crippen LogP contribution < -0.4 is 10.6 Å². The molecule has 1 amide bonds. The van der Waals surface area contributed by atoms with Crippen molar-refractivity contribution in [3.8, 4) is 0 Å². The lowest BCUT2D eigenvalue weighted by Crippen LogP contribution is -2.29. The monoisotopic (exact) mass is 202 g/mol. The van der Waals surface area contributed by atoms with Crippen molar-refractivity contribution in [3.63, 3.8) is 0 Å². The van der Waals surface area contributed by atoms with Crippen LogP contribution in [0.5, 0.6) is 0 Å². The number of hydrogen-bond acceptors (Lipinski definition) is 3. The van der Waals surface area contributed by atoms with Crippen molar-refractivity contribution in [1.29, 1.82) is 0 Å². The SMILES string of the molecule is CCCCOCCNC(=O)CCNC. The zero-order valence-electron chi connectivity index (χ0n) is 9.27.